The summed E-state index contributed by atoms with van der Waals surface area (Å²) in [5.41, 5.74) is 0.616. The Morgan fingerprint density at radius 1 is 1.06 bits per heavy atom. The van der Waals surface area contributed by atoms with E-state index in [1.165, 1.54) is 0 Å². The van der Waals surface area contributed by atoms with Crippen molar-refractivity contribution in [1.29, 1.82) is 0 Å². The molecule has 1 aromatic rings. The quantitative estimate of drug-likeness (QED) is 0.600. The highest BCUT2D eigenvalue weighted by atomic mass is 16.7. The minimum absolute atomic E-state index is 0.0190. The summed E-state index contributed by atoms with van der Waals surface area (Å²) in [6.45, 7) is 13.9. The van der Waals surface area contributed by atoms with Crippen LogP contribution in [-0.4, -0.2) is 52.8 Å². The van der Waals surface area contributed by atoms with Crippen LogP contribution in [0.1, 0.15) is 86.1 Å². The van der Waals surface area contributed by atoms with E-state index < -0.39 is 23.9 Å². The fourth-order valence-corrected chi connectivity index (χ4v) is 5.43. The minimum Gasteiger partial charge on any atom is -0.444 e. The molecule has 0 spiro atoms. The van der Waals surface area contributed by atoms with Gasteiger partial charge in [0, 0.05) is 24.4 Å². The Labute approximate surface area is 204 Å². The zero-order chi connectivity index (χ0) is 24.9. The number of fused-ring (bicyclic) bond motifs is 2. The summed E-state index contributed by atoms with van der Waals surface area (Å²) in [5.74, 6) is 0.237. The summed E-state index contributed by atoms with van der Waals surface area (Å²) < 4.78 is 18.1. The number of carbonyl (C=O) groups excluding carboxylic acids is 2. The van der Waals surface area contributed by atoms with E-state index in [0.29, 0.717) is 6.42 Å². The molecule has 3 saturated heterocycles. The van der Waals surface area contributed by atoms with Crippen LogP contribution in [0, 0.1) is 5.92 Å². The smallest absolute Gasteiger partial charge is 0.444 e. The molecular formula is C27H40BNO5. The van der Waals surface area contributed by atoms with Crippen LogP contribution in [0.4, 0.5) is 4.79 Å². The average molecular weight is 469 g/mol. The Kier molecular flexibility index (Phi) is 6.67. The molecule has 6 nitrogen and oxygen atoms in total. The molecule has 3 heterocycles. The number of nitrogens with zero attached hydrogens (tertiary/aromatic N) is 1. The van der Waals surface area contributed by atoms with Gasteiger partial charge in [0.05, 0.1) is 11.2 Å². The summed E-state index contributed by atoms with van der Waals surface area (Å²) in [4.78, 5) is 28.1. The largest absolute Gasteiger partial charge is 0.494 e. The molecular weight excluding hydrogens is 429 g/mol. The van der Waals surface area contributed by atoms with Gasteiger partial charge in [-0.1, -0.05) is 24.3 Å². The van der Waals surface area contributed by atoms with Crippen molar-refractivity contribution in [3.05, 3.63) is 29.8 Å². The van der Waals surface area contributed by atoms with Crippen LogP contribution in [0.25, 0.3) is 0 Å². The van der Waals surface area contributed by atoms with Crippen molar-refractivity contribution in [3.8, 4) is 0 Å². The zero-order valence-corrected chi connectivity index (χ0v) is 21.8. The zero-order valence-electron chi connectivity index (χ0n) is 21.8. The van der Waals surface area contributed by atoms with E-state index in [2.05, 4.69) is 0 Å². The second-order valence-electron chi connectivity index (χ2n) is 12.3. The van der Waals surface area contributed by atoms with Crippen molar-refractivity contribution in [1.82, 2.24) is 4.90 Å². The van der Waals surface area contributed by atoms with Crippen molar-refractivity contribution in [2.45, 2.75) is 116 Å². The molecule has 2 unspecified atom stereocenters. The Bertz CT molecular complexity index is 907. The highest BCUT2D eigenvalue weighted by Gasteiger charge is 2.51. The molecule has 0 N–H and O–H groups in total. The minimum atomic E-state index is -0.514. The average Bonchev–Trinajstić information content (AvgIpc) is 2.93. The van der Waals surface area contributed by atoms with Crippen LogP contribution in [0.2, 0.25) is 0 Å². The van der Waals surface area contributed by atoms with Crippen molar-refractivity contribution in [3.63, 3.8) is 0 Å². The lowest BCUT2D eigenvalue weighted by atomic mass is 9.75. The van der Waals surface area contributed by atoms with Gasteiger partial charge in [-0.3, -0.25) is 4.79 Å². The number of rotatable bonds is 4. The SMILES string of the molecule is CC(C)(C)OC(=O)N1C2CCCC1CC(C(=O)Cc1cccc(B3OC(C)(C)C(C)(C)O3)c1)C2. The van der Waals surface area contributed by atoms with Gasteiger partial charge in [0.2, 0.25) is 0 Å². The lowest BCUT2D eigenvalue weighted by molar-refractivity contribution is -0.126. The number of ketones is 1. The first-order valence-corrected chi connectivity index (χ1v) is 12.7. The van der Waals surface area contributed by atoms with Crippen LogP contribution < -0.4 is 5.46 Å². The maximum Gasteiger partial charge on any atom is 0.494 e. The van der Waals surface area contributed by atoms with Gasteiger partial charge < -0.3 is 18.9 Å². The van der Waals surface area contributed by atoms with Crippen molar-refractivity contribution < 1.29 is 23.6 Å². The first-order valence-electron chi connectivity index (χ1n) is 12.7. The van der Waals surface area contributed by atoms with Crippen molar-refractivity contribution >= 4 is 24.5 Å². The highest BCUT2D eigenvalue weighted by Crippen LogP contribution is 2.39. The summed E-state index contributed by atoms with van der Waals surface area (Å²) in [6, 6.07) is 8.20. The van der Waals surface area contributed by atoms with Gasteiger partial charge in [-0.2, -0.15) is 0 Å². The van der Waals surface area contributed by atoms with E-state index in [9.17, 15) is 9.59 Å². The van der Waals surface area contributed by atoms with Crippen molar-refractivity contribution in [2.75, 3.05) is 0 Å². The van der Waals surface area contributed by atoms with Gasteiger partial charge in [-0.05, 0) is 91.6 Å². The summed E-state index contributed by atoms with van der Waals surface area (Å²) in [6.07, 6.45) is 4.60. The third kappa shape index (κ3) is 5.20. The first-order chi connectivity index (χ1) is 15.8. The third-order valence-electron chi connectivity index (χ3n) is 7.89. The number of hydrogen-bond donors (Lipinski definition) is 0. The number of hydrogen-bond acceptors (Lipinski definition) is 5. The summed E-state index contributed by atoms with van der Waals surface area (Å²) in [5, 5.41) is 0. The molecule has 2 bridgehead atoms. The number of piperidine rings is 2. The molecule has 2 atom stereocenters. The first kappa shape index (κ1) is 25.2. The second-order valence-corrected chi connectivity index (χ2v) is 12.3. The van der Waals surface area contributed by atoms with Crippen LogP contribution in [-0.2, 0) is 25.3 Å². The number of Topliss-reactive ketones (excluding diaryl/α,β-unsaturated/α-hetero) is 1. The molecule has 1 amide bonds. The molecule has 1 aromatic carbocycles. The molecule has 4 rings (SSSR count). The fourth-order valence-electron chi connectivity index (χ4n) is 5.43. The van der Waals surface area contributed by atoms with Gasteiger partial charge in [0.1, 0.15) is 11.4 Å². The molecule has 0 aliphatic carbocycles. The number of amides is 1. The van der Waals surface area contributed by atoms with Crippen LogP contribution in [0.15, 0.2) is 24.3 Å². The van der Waals surface area contributed by atoms with Gasteiger partial charge >= 0.3 is 13.2 Å². The summed E-state index contributed by atoms with van der Waals surface area (Å²) >= 11 is 0. The van der Waals surface area contributed by atoms with Gasteiger partial charge in [0.15, 0.2) is 0 Å². The van der Waals surface area contributed by atoms with E-state index in [1.54, 1.807) is 0 Å². The Hall–Kier alpha value is -1.86. The lowest BCUT2D eigenvalue weighted by Gasteiger charge is -2.48. The van der Waals surface area contributed by atoms with Gasteiger partial charge in [0.25, 0.3) is 0 Å². The normalized spacial score (nSPS) is 28.0. The fraction of sp³-hybridized carbons (Fsp3) is 0.704. The van der Waals surface area contributed by atoms with Gasteiger partial charge in [-0.15, -0.1) is 0 Å². The lowest BCUT2D eigenvalue weighted by Crippen LogP contribution is -2.56. The van der Waals surface area contributed by atoms with Crippen molar-refractivity contribution in [2.24, 2.45) is 5.92 Å². The topological polar surface area (TPSA) is 65.1 Å². The number of ether oxygens (including phenoxy) is 1. The Morgan fingerprint density at radius 3 is 2.21 bits per heavy atom. The number of benzene rings is 1. The summed E-state index contributed by atoms with van der Waals surface area (Å²) in [7, 11) is -0.434. The van der Waals surface area contributed by atoms with E-state index in [0.717, 1.165) is 43.1 Å². The van der Waals surface area contributed by atoms with E-state index in [4.69, 9.17) is 14.0 Å². The molecule has 186 valence electrons. The maximum atomic E-state index is 13.3. The molecule has 0 aromatic heterocycles. The molecule has 34 heavy (non-hydrogen) atoms. The van der Waals surface area contributed by atoms with E-state index in [1.807, 2.05) is 77.6 Å². The third-order valence-corrected chi connectivity index (χ3v) is 7.89. The monoisotopic (exact) mass is 469 g/mol. The molecule has 0 saturated carbocycles. The van der Waals surface area contributed by atoms with Crippen LogP contribution in [0.3, 0.4) is 0 Å². The Balaban J connectivity index is 1.42. The van der Waals surface area contributed by atoms with E-state index >= 15 is 0 Å². The molecule has 7 heteroatoms. The van der Waals surface area contributed by atoms with Crippen LogP contribution in [0.5, 0.6) is 0 Å². The number of carbonyl (C=O) groups is 2. The predicted molar refractivity (Wildman–Crippen MR) is 133 cm³/mol. The molecule has 0 radical (unpaired) electrons. The molecule has 3 fully saturated rings. The molecule has 3 aliphatic heterocycles. The molecule has 3 aliphatic rings. The second kappa shape index (κ2) is 8.98. The van der Waals surface area contributed by atoms with Gasteiger partial charge in [-0.25, -0.2) is 4.79 Å². The van der Waals surface area contributed by atoms with Crippen LogP contribution >= 0.6 is 0 Å². The highest BCUT2D eigenvalue weighted by molar-refractivity contribution is 6.62. The maximum absolute atomic E-state index is 13.3. The predicted octanol–water partition coefficient (Wildman–Crippen LogP) is 4.67. The standard InChI is InChI=1S/C27H40BNO5/c1-25(2,3)32-24(31)29-21-12-9-13-22(29)17-19(16-21)23(30)15-18-10-8-11-20(14-18)28-33-26(4,5)27(6,7)34-28/h8,10-11,14,19,21-22H,9,12-13,15-17H2,1-7H3. The van der Waals surface area contributed by atoms with E-state index in [-0.39, 0.29) is 29.9 Å². The Morgan fingerprint density at radius 2 is 1.65 bits per heavy atom.